The molecule has 0 amide bonds. The second-order valence-corrected chi connectivity index (χ2v) is 9.29. The number of rotatable bonds is 5. The monoisotopic (exact) mass is 467 g/mol. The van der Waals surface area contributed by atoms with E-state index in [0.717, 1.165) is 11.3 Å². The molecule has 2 atom stereocenters. The van der Waals surface area contributed by atoms with E-state index < -0.39 is 0 Å². The first-order chi connectivity index (χ1) is 17.8. The standard InChI is InChI=1S/C33H29N3/c34-22-23-9-6-12-25(19-23)27-14-8-16-29(21-27)33-35-31-18-5-4-17-30(31)32(36-33)28-15-7-13-26(20-28)24-10-2-1-3-11-24/h1-21,32-33,35-36H,22,34H2. The number of hydrogen-bond donors (Lipinski definition) is 3. The summed E-state index contributed by atoms with van der Waals surface area (Å²) >= 11 is 0. The van der Waals surface area contributed by atoms with E-state index in [1.807, 2.05) is 0 Å². The van der Waals surface area contributed by atoms with Crippen molar-refractivity contribution in [2.24, 2.45) is 5.73 Å². The molecule has 3 nitrogen and oxygen atoms in total. The van der Waals surface area contributed by atoms with Gasteiger partial charge in [-0.1, -0.05) is 103 Å². The fourth-order valence-electron chi connectivity index (χ4n) is 5.09. The summed E-state index contributed by atoms with van der Waals surface area (Å²) in [4.78, 5) is 0. The van der Waals surface area contributed by atoms with Crippen LogP contribution in [0.3, 0.4) is 0 Å². The molecular weight excluding hydrogens is 438 g/mol. The predicted octanol–water partition coefficient (Wildman–Crippen LogP) is 7.28. The van der Waals surface area contributed by atoms with Gasteiger partial charge in [0.15, 0.2) is 0 Å². The van der Waals surface area contributed by atoms with Crippen LogP contribution < -0.4 is 16.4 Å². The minimum Gasteiger partial charge on any atom is -0.366 e. The average Bonchev–Trinajstić information content (AvgIpc) is 2.97. The van der Waals surface area contributed by atoms with E-state index in [0.29, 0.717) is 6.54 Å². The lowest BCUT2D eigenvalue weighted by molar-refractivity contribution is 0.506. The molecular formula is C33H29N3. The summed E-state index contributed by atoms with van der Waals surface area (Å²) in [7, 11) is 0. The Kier molecular flexibility index (Phi) is 6.08. The molecule has 1 aliphatic rings. The molecule has 2 unspecified atom stereocenters. The van der Waals surface area contributed by atoms with Crippen molar-refractivity contribution in [1.29, 1.82) is 0 Å². The minimum atomic E-state index is -0.0251. The van der Waals surface area contributed by atoms with Gasteiger partial charge in [0, 0.05) is 12.2 Å². The van der Waals surface area contributed by atoms with Gasteiger partial charge in [0.25, 0.3) is 0 Å². The zero-order valence-corrected chi connectivity index (χ0v) is 20.1. The molecule has 0 saturated heterocycles. The molecule has 0 aromatic heterocycles. The first kappa shape index (κ1) is 22.3. The first-order valence-corrected chi connectivity index (χ1v) is 12.4. The zero-order valence-electron chi connectivity index (χ0n) is 20.1. The summed E-state index contributed by atoms with van der Waals surface area (Å²) in [6.45, 7) is 0.541. The highest BCUT2D eigenvalue weighted by molar-refractivity contribution is 5.67. The molecule has 176 valence electrons. The third-order valence-electron chi connectivity index (χ3n) is 6.95. The van der Waals surface area contributed by atoms with Crippen LogP contribution in [0, 0.1) is 0 Å². The summed E-state index contributed by atoms with van der Waals surface area (Å²) in [5, 5.41) is 7.62. The summed E-state index contributed by atoms with van der Waals surface area (Å²) in [5.74, 6) is 0. The number of fused-ring (bicyclic) bond motifs is 1. The van der Waals surface area contributed by atoms with Crippen LogP contribution in [0.15, 0.2) is 127 Å². The van der Waals surface area contributed by atoms with Crippen molar-refractivity contribution < 1.29 is 0 Å². The number of nitrogens with one attached hydrogen (secondary N) is 2. The van der Waals surface area contributed by atoms with E-state index in [1.54, 1.807) is 0 Å². The maximum atomic E-state index is 5.89. The summed E-state index contributed by atoms with van der Waals surface area (Å²) in [5.41, 5.74) is 16.7. The highest BCUT2D eigenvalue weighted by atomic mass is 15.2. The Balaban J connectivity index is 1.37. The smallest absolute Gasteiger partial charge is 0.104 e. The van der Waals surface area contributed by atoms with Crippen LogP contribution in [0.2, 0.25) is 0 Å². The Hall–Kier alpha value is -4.18. The van der Waals surface area contributed by atoms with Gasteiger partial charge < -0.3 is 11.1 Å². The lowest BCUT2D eigenvalue weighted by Crippen LogP contribution is -2.37. The van der Waals surface area contributed by atoms with Crippen LogP contribution >= 0.6 is 0 Å². The molecule has 3 heteroatoms. The number of nitrogens with two attached hydrogens (primary N) is 1. The Morgan fingerprint density at radius 2 is 1.17 bits per heavy atom. The SMILES string of the molecule is NCc1cccc(-c2cccc(C3Nc4ccccc4C(c4cccc(-c5ccccc5)c4)N3)c2)c1. The minimum absolute atomic E-state index is 0.0251. The number of para-hydroxylation sites is 1. The van der Waals surface area contributed by atoms with Crippen molar-refractivity contribution in [2.45, 2.75) is 18.8 Å². The lowest BCUT2D eigenvalue weighted by Gasteiger charge is -2.35. The Morgan fingerprint density at radius 1 is 0.556 bits per heavy atom. The number of anilines is 1. The highest BCUT2D eigenvalue weighted by Gasteiger charge is 2.28. The predicted molar refractivity (Wildman–Crippen MR) is 149 cm³/mol. The average molecular weight is 468 g/mol. The molecule has 0 radical (unpaired) electrons. The Labute approximate surface area is 212 Å². The van der Waals surface area contributed by atoms with Crippen LogP contribution in [0.25, 0.3) is 22.3 Å². The van der Waals surface area contributed by atoms with Gasteiger partial charge in [-0.25, -0.2) is 0 Å². The van der Waals surface area contributed by atoms with E-state index in [4.69, 9.17) is 5.73 Å². The molecule has 0 fully saturated rings. The molecule has 0 saturated carbocycles. The maximum absolute atomic E-state index is 5.89. The first-order valence-electron chi connectivity index (χ1n) is 12.4. The maximum Gasteiger partial charge on any atom is 0.104 e. The van der Waals surface area contributed by atoms with E-state index in [2.05, 4.69) is 138 Å². The Bertz CT molecular complexity index is 1490. The van der Waals surface area contributed by atoms with Crippen LogP contribution in [0.1, 0.15) is 34.5 Å². The van der Waals surface area contributed by atoms with Crippen LogP contribution in [-0.4, -0.2) is 0 Å². The van der Waals surface area contributed by atoms with Crippen molar-refractivity contribution in [3.63, 3.8) is 0 Å². The summed E-state index contributed by atoms with van der Waals surface area (Å²) < 4.78 is 0. The topological polar surface area (TPSA) is 50.1 Å². The second kappa shape index (κ2) is 9.82. The zero-order chi connectivity index (χ0) is 24.3. The van der Waals surface area contributed by atoms with Gasteiger partial charge in [0.05, 0.1) is 6.04 Å². The van der Waals surface area contributed by atoms with E-state index in [9.17, 15) is 0 Å². The van der Waals surface area contributed by atoms with Gasteiger partial charge >= 0.3 is 0 Å². The fourth-order valence-corrected chi connectivity index (χ4v) is 5.09. The van der Waals surface area contributed by atoms with Crippen molar-refractivity contribution in [3.05, 3.63) is 150 Å². The normalized spacial score (nSPS) is 16.7. The lowest BCUT2D eigenvalue weighted by atomic mass is 9.91. The molecule has 5 aromatic rings. The molecule has 4 N–H and O–H groups in total. The van der Waals surface area contributed by atoms with Crippen LogP contribution in [0.4, 0.5) is 5.69 Å². The fraction of sp³-hybridized carbons (Fsp3) is 0.0909. The second-order valence-electron chi connectivity index (χ2n) is 9.29. The number of hydrogen-bond acceptors (Lipinski definition) is 3. The van der Waals surface area contributed by atoms with Gasteiger partial charge in [0.1, 0.15) is 6.17 Å². The summed E-state index contributed by atoms with van der Waals surface area (Å²) in [6.07, 6.45) is -0.0251. The molecule has 0 aliphatic carbocycles. The van der Waals surface area contributed by atoms with Crippen molar-refractivity contribution in [2.75, 3.05) is 5.32 Å². The van der Waals surface area contributed by atoms with Crippen molar-refractivity contribution >= 4 is 5.69 Å². The third kappa shape index (κ3) is 4.42. The van der Waals surface area contributed by atoms with E-state index in [1.165, 1.54) is 38.9 Å². The van der Waals surface area contributed by atoms with Gasteiger partial charge in [-0.05, 0) is 68.8 Å². The quantitative estimate of drug-likeness (QED) is 0.254. The van der Waals surface area contributed by atoms with Crippen LogP contribution in [0.5, 0.6) is 0 Å². The van der Waals surface area contributed by atoms with E-state index >= 15 is 0 Å². The number of benzene rings is 5. The molecule has 6 rings (SSSR count). The molecule has 1 heterocycles. The molecule has 36 heavy (non-hydrogen) atoms. The van der Waals surface area contributed by atoms with Crippen molar-refractivity contribution in [3.8, 4) is 22.3 Å². The van der Waals surface area contributed by atoms with Gasteiger partial charge in [-0.2, -0.15) is 0 Å². The summed E-state index contributed by atoms with van der Waals surface area (Å²) in [6, 6.07) is 45.3. The van der Waals surface area contributed by atoms with Gasteiger partial charge in [-0.3, -0.25) is 5.32 Å². The molecule has 5 aromatic carbocycles. The molecule has 0 spiro atoms. The van der Waals surface area contributed by atoms with Gasteiger partial charge in [-0.15, -0.1) is 0 Å². The third-order valence-corrected chi connectivity index (χ3v) is 6.95. The Morgan fingerprint density at radius 3 is 1.97 bits per heavy atom. The van der Waals surface area contributed by atoms with Crippen molar-refractivity contribution in [1.82, 2.24) is 5.32 Å². The highest BCUT2D eigenvalue weighted by Crippen LogP contribution is 2.38. The molecule has 0 bridgehead atoms. The van der Waals surface area contributed by atoms with Crippen LogP contribution in [-0.2, 0) is 6.54 Å². The van der Waals surface area contributed by atoms with Gasteiger partial charge in [0.2, 0.25) is 0 Å². The molecule has 1 aliphatic heterocycles. The largest absolute Gasteiger partial charge is 0.366 e. The van der Waals surface area contributed by atoms with E-state index in [-0.39, 0.29) is 12.2 Å².